The van der Waals surface area contributed by atoms with Crippen molar-refractivity contribution < 1.29 is 9.59 Å². The first-order valence-corrected chi connectivity index (χ1v) is 6.51. The highest BCUT2D eigenvalue weighted by Crippen LogP contribution is 2.20. The van der Waals surface area contributed by atoms with Gasteiger partial charge in [0.25, 0.3) is 0 Å². The van der Waals surface area contributed by atoms with E-state index in [9.17, 15) is 9.59 Å². The molecule has 1 atom stereocenters. The molecule has 0 spiro atoms. The zero-order valence-electron chi connectivity index (χ0n) is 11.7. The second-order valence-corrected chi connectivity index (χ2v) is 4.72. The highest BCUT2D eigenvalue weighted by atomic mass is 16.2. The number of primary amides is 1. The molecule has 0 aliphatic heterocycles. The molecule has 2 aromatic carbocycles. The maximum Gasteiger partial charge on any atom is 0.249 e. The summed E-state index contributed by atoms with van der Waals surface area (Å²) in [6.45, 7) is 1.73. The van der Waals surface area contributed by atoms with Crippen molar-refractivity contribution in [3.05, 3.63) is 65.2 Å². The Balaban J connectivity index is 2.21. The number of carbonyl (C=O) groups is 2. The van der Waals surface area contributed by atoms with E-state index in [1.54, 1.807) is 37.3 Å². The summed E-state index contributed by atoms with van der Waals surface area (Å²) in [6, 6.07) is 13.3. The van der Waals surface area contributed by atoms with Crippen LogP contribution in [0.15, 0.2) is 48.5 Å². The average Bonchev–Trinajstić information content (AvgIpc) is 2.49. The summed E-state index contributed by atoms with van der Waals surface area (Å²) in [4.78, 5) is 23.5. The maximum atomic E-state index is 12.2. The van der Waals surface area contributed by atoms with Gasteiger partial charge in [-0.25, -0.2) is 0 Å². The van der Waals surface area contributed by atoms with E-state index < -0.39 is 11.9 Å². The number of nitrogens with two attached hydrogens (primary N) is 2. The van der Waals surface area contributed by atoms with Crippen molar-refractivity contribution >= 4 is 17.5 Å². The van der Waals surface area contributed by atoms with Crippen LogP contribution in [0.4, 0.5) is 5.69 Å². The fourth-order valence-electron chi connectivity index (χ4n) is 2.06. The molecule has 2 rings (SSSR count). The van der Waals surface area contributed by atoms with Crippen LogP contribution >= 0.6 is 0 Å². The Morgan fingerprint density at radius 1 is 1.05 bits per heavy atom. The Morgan fingerprint density at radius 2 is 1.71 bits per heavy atom. The van der Waals surface area contributed by atoms with E-state index in [0.717, 1.165) is 5.56 Å². The van der Waals surface area contributed by atoms with Gasteiger partial charge in [0.1, 0.15) is 6.04 Å². The summed E-state index contributed by atoms with van der Waals surface area (Å²) < 4.78 is 0. The zero-order chi connectivity index (χ0) is 15.4. The summed E-state index contributed by atoms with van der Waals surface area (Å²) in [7, 11) is 0. The van der Waals surface area contributed by atoms with Gasteiger partial charge in [0.2, 0.25) is 11.8 Å². The van der Waals surface area contributed by atoms with E-state index >= 15 is 0 Å². The van der Waals surface area contributed by atoms with Crippen molar-refractivity contribution in [3.63, 3.8) is 0 Å². The first kappa shape index (κ1) is 14.7. The number of nitrogens with one attached hydrogen (secondary N) is 1. The third-order valence-electron chi connectivity index (χ3n) is 3.30. The largest absolute Gasteiger partial charge is 0.366 e. The van der Waals surface area contributed by atoms with Crippen LogP contribution in [-0.2, 0) is 4.79 Å². The molecule has 2 aromatic rings. The van der Waals surface area contributed by atoms with Crippen LogP contribution in [0.5, 0.6) is 0 Å². The lowest BCUT2D eigenvalue weighted by Gasteiger charge is -2.15. The molecule has 0 heterocycles. The average molecular weight is 283 g/mol. The lowest BCUT2D eigenvalue weighted by Crippen LogP contribution is -2.28. The summed E-state index contributed by atoms with van der Waals surface area (Å²) in [5.41, 5.74) is 13.5. The van der Waals surface area contributed by atoms with E-state index in [1.807, 2.05) is 18.2 Å². The first-order chi connectivity index (χ1) is 10.0. The minimum absolute atomic E-state index is 0.342. The Labute approximate surface area is 123 Å². The molecular weight excluding hydrogens is 266 g/mol. The van der Waals surface area contributed by atoms with Gasteiger partial charge in [0, 0.05) is 11.3 Å². The molecule has 0 saturated carbocycles. The van der Waals surface area contributed by atoms with Crippen LogP contribution in [0.2, 0.25) is 0 Å². The molecule has 5 nitrogen and oxygen atoms in total. The number of hydrogen-bond acceptors (Lipinski definition) is 3. The number of rotatable bonds is 4. The van der Waals surface area contributed by atoms with Gasteiger partial charge in [-0.05, 0) is 30.2 Å². The fourth-order valence-corrected chi connectivity index (χ4v) is 2.06. The molecule has 0 aliphatic carbocycles. The molecule has 0 saturated heterocycles. The van der Waals surface area contributed by atoms with E-state index in [4.69, 9.17) is 11.5 Å². The minimum Gasteiger partial charge on any atom is -0.366 e. The van der Waals surface area contributed by atoms with Crippen LogP contribution < -0.4 is 16.8 Å². The van der Waals surface area contributed by atoms with Gasteiger partial charge in [-0.3, -0.25) is 9.59 Å². The molecule has 0 aromatic heterocycles. The zero-order valence-corrected chi connectivity index (χ0v) is 11.7. The van der Waals surface area contributed by atoms with Gasteiger partial charge in [0.15, 0.2) is 0 Å². The second-order valence-electron chi connectivity index (χ2n) is 4.72. The van der Waals surface area contributed by atoms with Crippen molar-refractivity contribution in [1.29, 1.82) is 0 Å². The first-order valence-electron chi connectivity index (χ1n) is 6.51. The van der Waals surface area contributed by atoms with Crippen LogP contribution in [-0.4, -0.2) is 11.8 Å². The Morgan fingerprint density at radius 3 is 2.33 bits per heavy atom. The molecule has 0 bridgehead atoms. The Hall–Kier alpha value is -2.66. The monoisotopic (exact) mass is 283 g/mol. The summed E-state index contributed by atoms with van der Waals surface area (Å²) in [5, 5.41) is 2.73. The lowest BCUT2D eigenvalue weighted by atomic mass is 10.0. The molecule has 0 aliphatic rings. The van der Waals surface area contributed by atoms with Crippen molar-refractivity contribution in [1.82, 2.24) is 0 Å². The van der Waals surface area contributed by atoms with Crippen molar-refractivity contribution in [2.75, 3.05) is 5.32 Å². The minimum atomic E-state index is -0.775. The van der Waals surface area contributed by atoms with E-state index in [1.165, 1.54) is 0 Å². The predicted molar refractivity (Wildman–Crippen MR) is 81.7 cm³/mol. The summed E-state index contributed by atoms with van der Waals surface area (Å²) in [6.07, 6.45) is 0. The van der Waals surface area contributed by atoms with Gasteiger partial charge < -0.3 is 16.8 Å². The normalized spacial score (nSPS) is 11.7. The number of amides is 2. The number of carbonyl (C=O) groups excluding carboxylic acids is 2. The number of benzene rings is 2. The quantitative estimate of drug-likeness (QED) is 0.797. The number of hydrogen-bond donors (Lipinski definition) is 3. The van der Waals surface area contributed by atoms with Crippen molar-refractivity contribution in [2.24, 2.45) is 11.5 Å². The van der Waals surface area contributed by atoms with Gasteiger partial charge in [-0.2, -0.15) is 0 Å². The molecule has 0 fully saturated rings. The van der Waals surface area contributed by atoms with E-state index in [2.05, 4.69) is 5.32 Å². The molecule has 0 unspecified atom stereocenters. The number of anilines is 1. The van der Waals surface area contributed by atoms with Crippen molar-refractivity contribution in [2.45, 2.75) is 13.0 Å². The second kappa shape index (κ2) is 6.19. The SMILES string of the molecule is Cc1c(NC(=O)[C@@H](N)c2ccccc2)cccc1C(N)=O. The standard InChI is InChI=1S/C16H17N3O2/c1-10-12(15(18)20)8-5-9-13(10)19-16(21)14(17)11-6-3-2-4-7-11/h2-9,14H,17H2,1H3,(H2,18,20)(H,19,21)/t14-/m0/s1. The highest BCUT2D eigenvalue weighted by molar-refractivity contribution is 6.00. The van der Waals surface area contributed by atoms with Crippen LogP contribution in [0.3, 0.4) is 0 Å². The van der Waals surface area contributed by atoms with Crippen LogP contribution in [0.1, 0.15) is 27.5 Å². The van der Waals surface area contributed by atoms with Gasteiger partial charge in [-0.15, -0.1) is 0 Å². The third kappa shape index (κ3) is 3.27. The molecule has 5 N–H and O–H groups in total. The Kier molecular flexibility index (Phi) is 4.35. The van der Waals surface area contributed by atoms with Crippen LogP contribution in [0, 0.1) is 6.92 Å². The molecule has 2 amide bonds. The van der Waals surface area contributed by atoms with Gasteiger partial charge in [0.05, 0.1) is 0 Å². The fraction of sp³-hybridized carbons (Fsp3) is 0.125. The van der Waals surface area contributed by atoms with Gasteiger partial charge in [-0.1, -0.05) is 36.4 Å². The molecular formula is C16H17N3O2. The molecule has 108 valence electrons. The van der Waals surface area contributed by atoms with Gasteiger partial charge >= 0.3 is 0 Å². The predicted octanol–water partition coefficient (Wildman–Crippen LogP) is 1.73. The lowest BCUT2D eigenvalue weighted by molar-refractivity contribution is -0.117. The van der Waals surface area contributed by atoms with E-state index in [-0.39, 0.29) is 5.91 Å². The molecule has 0 radical (unpaired) electrons. The third-order valence-corrected chi connectivity index (χ3v) is 3.30. The van der Waals surface area contributed by atoms with Crippen LogP contribution in [0.25, 0.3) is 0 Å². The van der Waals surface area contributed by atoms with E-state index in [0.29, 0.717) is 16.8 Å². The smallest absolute Gasteiger partial charge is 0.249 e. The molecule has 5 heteroatoms. The Bertz CT molecular complexity index is 668. The van der Waals surface area contributed by atoms with Crippen molar-refractivity contribution in [3.8, 4) is 0 Å². The summed E-state index contributed by atoms with van der Waals surface area (Å²) in [5.74, 6) is -0.873. The molecule has 21 heavy (non-hydrogen) atoms. The maximum absolute atomic E-state index is 12.2. The highest BCUT2D eigenvalue weighted by Gasteiger charge is 2.17. The summed E-state index contributed by atoms with van der Waals surface area (Å²) >= 11 is 0. The topological polar surface area (TPSA) is 98.2 Å².